The molecule has 11 nitrogen and oxygen atoms in total. The fourth-order valence-electron chi connectivity index (χ4n) is 3.23. The molecule has 1 aliphatic heterocycles. The van der Waals surface area contributed by atoms with Gasteiger partial charge in [-0.3, -0.25) is 19.0 Å². The summed E-state index contributed by atoms with van der Waals surface area (Å²) in [5.74, 6) is -1.49. The summed E-state index contributed by atoms with van der Waals surface area (Å²) in [7, 11) is 0. The van der Waals surface area contributed by atoms with Gasteiger partial charge in [0.25, 0.3) is 0 Å². The zero-order valence-corrected chi connectivity index (χ0v) is 18.7. The van der Waals surface area contributed by atoms with Crippen molar-refractivity contribution in [3.63, 3.8) is 0 Å². The molecule has 0 bridgehead atoms. The second-order valence-corrected chi connectivity index (χ2v) is 7.45. The van der Waals surface area contributed by atoms with Crippen LogP contribution in [-0.4, -0.2) is 52.4 Å². The Morgan fingerprint density at radius 2 is 1.56 bits per heavy atom. The molecule has 11 heteroatoms. The van der Waals surface area contributed by atoms with Crippen LogP contribution >= 0.6 is 0 Å². The third-order valence-corrected chi connectivity index (χ3v) is 4.72. The van der Waals surface area contributed by atoms with Gasteiger partial charge in [-0.05, 0) is 25.3 Å². The van der Waals surface area contributed by atoms with Crippen LogP contribution in [0.5, 0.6) is 0 Å². The molecule has 1 aliphatic rings. The standard InChI is InChI=1S/C21H31N3O8/c1-4-7-15(25)29-12-13-18(31-16(26)8-5-2)19(32-17(27)9-6-3)20(30-13)24-11-10-14(22)23-21(24)28/h10-11,13,18-20H,4-9,12H2,1-3H3,(H2,22,23,28)/t13-,18-,19+,20?/m0/s1. The quantitative estimate of drug-likeness (QED) is 0.386. The first-order valence-corrected chi connectivity index (χ1v) is 10.8. The molecule has 2 heterocycles. The number of nitrogen functional groups attached to an aromatic ring is 1. The molecule has 0 radical (unpaired) electrons. The fourth-order valence-corrected chi connectivity index (χ4v) is 3.23. The lowest BCUT2D eigenvalue weighted by Gasteiger charge is -2.24. The minimum Gasteiger partial charge on any atom is -0.463 e. The molecule has 2 rings (SSSR count). The SMILES string of the molecule is CCCC(=O)OC[C@@H]1OC(n2ccc(N)nc2=O)[C@H](OC(=O)CCC)[C@H]1OC(=O)CCC. The second-order valence-electron chi connectivity index (χ2n) is 7.45. The van der Waals surface area contributed by atoms with Gasteiger partial charge in [0.1, 0.15) is 18.5 Å². The van der Waals surface area contributed by atoms with Crippen LogP contribution in [0.25, 0.3) is 0 Å². The van der Waals surface area contributed by atoms with Gasteiger partial charge < -0.3 is 24.7 Å². The Bertz CT molecular complexity index is 856. The molecule has 4 atom stereocenters. The Kier molecular flexibility index (Phi) is 9.63. The molecule has 0 spiro atoms. The first kappa shape index (κ1) is 25.3. The zero-order chi connectivity index (χ0) is 23.7. The highest BCUT2D eigenvalue weighted by atomic mass is 16.7. The normalized spacial score (nSPS) is 22.3. The predicted octanol–water partition coefficient (Wildman–Crippen LogP) is 1.49. The number of nitrogens with two attached hydrogens (primary N) is 1. The van der Waals surface area contributed by atoms with E-state index in [-0.39, 0.29) is 31.7 Å². The highest BCUT2D eigenvalue weighted by Gasteiger charge is 2.51. The number of esters is 3. The van der Waals surface area contributed by atoms with Gasteiger partial charge in [-0.25, -0.2) is 4.79 Å². The third-order valence-electron chi connectivity index (χ3n) is 4.72. The topological polar surface area (TPSA) is 149 Å². The van der Waals surface area contributed by atoms with Crippen LogP contribution in [0.3, 0.4) is 0 Å². The van der Waals surface area contributed by atoms with E-state index in [4.69, 9.17) is 24.7 Å². The lowest BCUT2D eigenvalue weighted by molar-refractivity contribution is -0.169. The molecule has 178 valence electrons. The van der Waals surface area contributed by atoms with Crippen molar-refractivity contribution >= 4 is 23.7 Å². The lowest BCUT2D eigenvalue weighted by Crippen LogP contribution is -2.42. The molecule has 1 saturated heterocycles. The van der Waals surface area contributed by atoms with Crippen molar-refractivity contribution in [1.29, 1.82) is 0 Å². The van der Waals surface area contributed by atoms with Gasteiger partial charge in [0, 0.05) is 25.5 Å². The Hall–Kier alpha value is -2.95. The molecule has 0 saturated carbocycles. The minimum absolute atomic E-state index is 0.0137. The number of carbonyl (C=O) groups is 3. The van der Waals surface area contributed by atoms with E-state index in [0.29, 0.717) is 19.3 Å². The molecule has 2 N–H and O–H groups in total. The maximum atomic E-state index is 12.4. The monoisotopic (exact) mass is 453 g/mol. The zero-order valence-electron chi connectivity index (χ0n) is 18.7. The molecule has 0 aromatic carbocycles. The molecule has 0 aliphatic carbocycles. The number of anilines is 1. The molecule has 0 amide bonds. The van der Waals surface area contributed by atoms with Gasteiger partial charge in [0.15, 0.2) is 18.4 Å². The van der Waals surface area contributed by atoms with Gasteiger partial charge in [-0.1, -0.05) is 20.8 Å². The Balaban J connectivity index is 2.38. The largest absolute Gasteiger partial charge is 0.463 e. The molecule has 1 aromatic rings. The van der Waals surface area contributed by atoms with Crippen LogP contribution in [0.2, 0.25) is 0 Å². The Labute approximate surface area is 186 Å². The van der Waals surface area contributed by atoms with E-state index in [1.54, 1.807) is 0 Å². The molecule has 1 aromatic heterocycles. The Morgan fingerprint density at radius 1 is 1.00 bits per heavy atom. The van der Waals surface area contributed by atoms with Crippen molar-refractivity contribution in [2.45, 2.75) is 83.8 Å². The summed E-state index contributed by atoms with van der Waals surface area (Å²) in [6.07, 6.45) is -0.799. The first-order valence-electron chi connectivity index (χ1n) is 10.8. The van der Waals surface area contributed by atoms with Gasteiger partial charge in [-0.15, -0.1) is 0 Å². The highest BCUT2D eigenvalue weighted by Crippen LogP contribution is 2.34. The number of rotatable bonds is 11. The van der Waals surface area contributed by atoms with E-state index in [2.05, 4.69) is 4.98 Å². The number of nitrogens with zero attached hydrogens (tertiary/aromatic N) is 2. The van der Waals surface area contributed by atoms with Gasteiger partial charge in [-0.2, -0.15) is 4.98 Å². The third kappa shape index (κ3) is 6.78. The summed E-state index contributed by atoms with van der Waals surface area (Å²) >= 11 is 0. The van der Waals surface area contributed by atoms with Gasteiger partial charge in [0.05, 0.1) is 0 Å². The van der Waals surface area contributed by atoms with Gasteiger partial charge >= 0.3 is 23.6 Å². The lowest BCUT2D eigenvalue weighted by atomic mass is 10.1. The minimum atomic E-state index is -1.15. The van der Waals surface area contributed by atoms with E-state index < -0.39 is 48.1 Å². The van der Waals surface area contributed by atoms with Crippen LogP contribution in [-0.2, 0) is 33.3 Å². The van der Waals surface area contributed by atoms with Crippen LogP contribution in [0.1, 0.15) is 65.5 Å². The van der Waals surface area contributed by atoms with Crippen LogP contribution in [0.15, 0.2) is 17.1 Å². The van der Waals surface area contributed by atoms with E-state index in [1.165, 1.54) is 12.3 Å². The summed E-state index contributed by atoms with van der Waals surface area (Å²) in [5.41, 5.74) is 4.84. The van der Waals surface area contributed by atoms with E-state index >= 15 is 0 Å². The van der Waals surface area contributed by atoms with Crippen molar-refractivity contribution in [2.75, 3.05) is 12.3 Å². The summed E-state index contributed by atoms with van der Waals surface area (Å²) < 4.78 is 23.4. The second kappa shape index (κ2) is 12.2. The smallest absolute Gasteiger partial charge is 0.351 e. The summed E-state index contributed by atoms with van der Waals surface area (Å²) in [6.45, 7) is 5.23. The molecular weight excluding hydrogens is 422 g/mol. The molecule has 32 heavy (non-hydrogen) atoms. The number of carbonyl (C=O) groups excluding carboxylic acids is 3. The summed E-state index contributed by atoms with van der Waals surface area (Å²) in [4.78, 5) is 52.6. The number of aromatic nitrogens is 2. The molecule has 1 fully saturated rings. The highest BCUT2D eigenvalue weighted by molar-refractivity contribution is 5.71. The van der Waals surface area contributed by atoms with Crippen LogP contribution < -0.4 is 11.4 Å². The van der Waals surface area contributed by atoms with E-state index in [9.17, 15) is 19.2 Å². The van der Waals surface area contributed by atoms with Crippen molar-refractivity contribution in [3.05, 3.63) is 22.7 Å². The predicted molar refractivity (Wildman–Crippen MR) is 112 cm³/mol. The number of hydrogen-bond acceptors (Lipinski definition) is 10. The Morgan fingerprint density at radius 3 is 2.12 bits per heavy atom. The van der Waals surface area contributed by atoms with Crippen molar-refractivity contribution in [1.82, 2.24) is 9.55 Å². The van der Waals surface area contributed by atoms with Crippen molar-refractivity contribution in [2.24, 2.45) is 0 Å². The summed E-state index contributed by atoms with van der Waals surface area (Å²) in [6, 6.07) is 1.39. The molecule has 1 unspecified atom stereocenters. The molecular formula is C21H31N3O8. The van der Waals surface area contributed by atoms with Crippen LogP contribution in [0.4, 0.5) is 5.82 Å². The van der Waals surface area contributed by atoms with Crippen LogP contribution in [0, 0.1) is 0 Å². The average molecular weight is 453 g/mol. The maximum Gasteiger partial charge on any atom is 0.351 e. The fraction of sp³-hybridized carbons (Fsp3) is 0.667. The van der Waals surface area contributed by atoms with Gasteiger partial charge in [0.2, 0.25) is 0 Å². The average Bonchev–Trinajstić information content (AvgIpc) is 3.04. The van der Waals surface area contributed by atoms with E-state index in [0.717, 1.165) is 4.57 Å². The summed E-state index contributed by atoms with van der Waals surface area (Å²) in [5, 5.41) is 0. The van der Waals surface area contributed by atoms with Crippen molar-refractivity contribution in [3.8, 4) is 0 Å². The first-order chi connectivity index (χ1) is 15.3. The number of hydrogen-bond donors (Lipinski definition) is 1. The maximum absolute atomic E-state index is 12.4. The number of ether oxygens (including phenoxy) is 4. The van der Waals surface area contributed by atoms with Crippen molar-refractivity contribution < 1.29 is 33.3 Å². The van der Waals surface area contributed by atoms with E-state index in [1.807, 2.05) is 20.8 Å².